The van der Waals surface area contributed by atoms with Crippen LogP contribution in [0.4, 0.5) is 24.5 Å². The van der Waals surface area contributed by atoms with Gasteiger partial charge in [-0.25, -0.2) is 8.42 Å². The van der Waals surface area contributed by atoms with Crippen LogP contribution in [-0.2, 0) is 22.7 Å². The molecule has 0 aliphatic heterocycles. The molecule has 10 heteroatoms. The summed E-state index contributed by atoms with van der Waals surface area (Å²) in [6.07, 6.45) is -3.63. The lowest BCUT2D eigenvalue weighted by Crippen LogP contribution is -2.29. The third-order valence-corrected chi connectivity index (χ3v) is 6.18. The lowest BCUT2D eigenvalue weighted by Gasteiger charge is -2.23. The molecular formula is C23H20ClF3N2O3S. The molecule has 0 fully saturated rings. The minimum Gasteiger partial charge on any atom is -0.321 e. The van der Waals surface area contributed by atoms with Crippen LogP contribution in [0.25, 0.3) is 0 Å². The highest BCUT2D eigenvalue weighted by molar-refractivity contribution is 7.92. The summed E-state index contributed by atoms with van der Waals surface area (Å²) in [7, 11) is -3.64. The number of carbonyl (C=O) groups is 1. The number of nitrogens with zero attached hydrogens (tertiary/aromatic N) is 1. The van der Waals surface area contributed by atoms with Crippen LogP contribution in [0.15, 0.2) is 66.7 Å². The Kier molecular flexibility index (Phi) is 7.04. The lowest BCUT2D eigenvalue weighted by atomic mass is 10.1. The van der Waals surface area contributed by atoms with Crippen molar-refractivity contribution in [2.24, 2.45) is 0 Å². The normalized spacial score (nSPS) is 11.8. The average molecular weight is 497 g/mol. The number of nitrogens with one attached hydrogen (secondary N) is 1. The molecule has 3 aromatic carbocycles. The van der Waals surface area contributed by atoms with E-state index in [4.69, 9.17) is 11.6 Å². The van der Waals surface area contributed by atoms with Crippen LogP contribution in [-0.4, -0.2) is 20.6 Å². The van der Waals surface area contributed by atoms with Gasteiger partial charge in [-0.1, -0.05) is 41.4 Å². The number of carbonyl (C=O) groups excluding carboxylic acids is 1. The number of alkyl halides is 3. The molecule has 0 aromatic heterocycles. The van der Waals surface area contributed by atoms with Gasteiger partial charge in [-0.2, -0.15) is 13.2 Å². The molecule has 0 unspecified atom stereocenters. The fourth-order valence-corrected chi connectivity index (χ4v) is 4.15. The molecular weight excluding hydrogens is 477 g/mol. The minimum absolute atomic E-state index is 0.0608. The summed E-state index contributed by atoms with van der Waals surface area (Å²) in [6.45, 7) is 2.01. The summed E-state index contributed by atoms with van der Waals surface area (Å²) >= 11 is 5.66. The fourth-order valence-electron chi connectivity index (χ4n) is 3.09. The number of rotatable bonds is 6. The van der Waals surface area contributed by atoms with Gasteiger partial charge in [0.2, 0.25) is 10.0 Å². The van der Waals surface area contributed by atoms with Crippen LogP contribution in [0.2, 0.25) is 5.02 Å². The number of benzene rings is 3. The molecule has 3 rings (SSSR count). The highest BCUT2D eigenvalue weighted by atomic mass is 35.5. The van der Waals surface area contributed by atoms with Crippen molar-refractivity contribution in [2.75, 3.05) is 15.9 Å². The molecule has 0 spiro atoms. The molecule has 0 bridgehead atoms. The van der Waals surface area contributed by atoms with Gasteiger partial charge >= 0.3 is 6.18 Å². The third-order valence-electron chi connectivity index (χ3n) is 4.80. The first kappa shape index (κ1) is 24.6. The minimum atomic E-state index is -4.71. The summed E-state index contributed by atoms with van der Waals surface area (Å²) < 4.78 is 65.7. The summed E-state index contributed by atoms with van der Waals surface area (Å²) in [5.74, 6) is -0.779. The fraction of sp³-hybridized carbons (Fsp3) is 0.174. The Bertz CT molecular complexity index is 1260. The number of anilines is 2. The Morgan fingerprint density at radius 1 is 1.00 bits per heavy atom. The van der Waals surface area contributed by atoms with Crippen molar-refractivity contribution in [2.45, 2.75) is 19.6 Å². The number of hydrogen-bond acceptors (Lipinski definition) is 3. The number of hydrogen-bond donors (Lipinski definition) is 1. The predicted octanol–water partition coefficient (Wildman–Crippen LogP) is 5.89. The number of aryl methyl sites for hydroxylation is 1. The standard InChI is InChI=1S/C23H20ClF3N2O3S/c1-15-3-5-16(6-4-15)14-29(33(2,31)32)19-10-7-17(8-11-19)22(30)28-21-12-9-18(24)13-20(21)23(25,26)27/h3-13H,14H2,1-2H3,(H,28,30). The first-order valence-electron chi connectivity index (χ1n) is 9.66. The Labute approximate surface area is 194 Å². The summed E-state index contributed by atoms with van der Waals surface area (Å²) in [5, 5.41) is 2.12. The van der Waals surface area contributed by atoms with Crippen LogP contribution in [0, 0.1) is 6.92 Å². The summed E-state index contributed by atoms with van der Waals surface area (Å²) in [6, 6.07) is 16.0. The molecule has 0 heterocycles. The Morgan fingerprint density at radius 3 is 2.15 bits per heavy atom. The van der Waals surface area contributed by atoms with Crippen LogP contribution >= 0.6 is 11.6 Å². The Balaban J connectivity index is 1.84. The molecule has 0 aliphatic carbocycles. The second-order valence-corrected chi connectivity index (χ2v) is 9.79. The van der Waals surface area contributed by atoms with Crippen molar-refractivity contribution in [3.63, 3.8) is 0 Å². The summed E-state index contributed by atoms with van der Waals surface area (Å²) in [4.78, 5) is 12.5. The van der Waals surface area contributed by atoms with E-state index in [0.29, 0.717) is 5.69 Å². The van der Waals surface area contributed by atoms with E-state index in [1.54, 1.807) is 0 Å². The second kappa shape index (κ2) is 9.44. The van der Waals surface area contributed by atoms with Gasteiger partial charge in [0.15, 0.2) is 0 Å². The maximum Gasteiger partial charge on any atom is 0.418 e. The van der Waals surface area contributed by atoms with Gasteiger partial charge < -0.3 is 5.32 Å². The quantitative estimate of drug-likeness (QED) is 0.463. The first-order chi connectivity index (χ1) is 15.3. The molecule has 0 saturated heterocycles. The maximum atomic E-state index is 13.3. The summed E-state index contributed by atoms with van der Waals surface area (Å²) in [5.41, 5.74) is 0.687. The van der Waals surface area contributed by atoms with Crippen molar-refractivity contribution < 1.29 is 26.4 Å². The molecule has 3 aromatic rings. The third kappa shape index (κ3) is 6.27. The molecule has 1 amide bonds. The van der Waals surface area contributed by atoms with Gasteiger partial charge in [-0.05, 0) is 55.0 Å². The largest absolute Gasteiger partial charge is 0.418 e. The smallest absolute Gasteiger partial charge is 0.321 e. The lowest BCUT2D eigenvalue weighted by molar-refractivity contribution is -0.136. The number of halogens is 4. The average Bonchev–Trinajstić information content (AvgIpc) is 2.73. The zero-order chi connectivity index (χ0) is 24.4. The zero-order valence-electron chi connectivity index (χ0n) is 17.7. The van der Waals surface area contributed by atoms with Crippen LogP contribution in [0.1, 0.15) is 27.0 Å². The van der Waals surface area contributed by atoms with Crippen molar-refractivity contribution in [3.05, 3.63) is 94.0 Å². The number of sulfonamides is 1. The predicted molar refractivity (Wildman–Crippen MR) is 123 cm³/mol. The molecule has 0 saturated carbocycles. The van der Waals surface area contributed by atoms with Crippen molar-refractivity contribution in [1.29, 1.82) is 0 Å². The highest BCUT2D eigenvalue weighted by Crippen LogP contribution is 2.36. The van der Waals surface area contributed by atoms with Gasteiger partial charge in [0.1, 0.15) is 0 Å². The van der Waals surface area contributed by atoms with Gasteiger partial charge in [0.25, 0.3) is 5.91 Å². The van der Waals surface area contributed by atoms with Gasteiger partial charge in [-0.3, -0.25) is 9.10 Å². The van der Waals surface area contributed by atoms with E-state index in [1.807, 2.05) is 31.2 Å². The molecule has 0 atom stereocenters. The van der Waals surface area contributed by atoms with E-state index < -0.39 is 33.4 Å². The van der Waals surface area contributed by atoms with E-state index >= 15 is 0 Å². The monoisotopic (exact) mass is 496 g/mol. The number of amides is 1. The molecule has 0 aliphatic rings. The first-order valence-corrected chi connectivity index (χ1v) is 11.9. The van der Waals surface area contributed by atoms with Gasteiger partial charge in [-0.15, -0.1) is 0 Å². The van der Waals surface area contributed by atoms with Gasteiger partial charge in [0, 0.05) is 10.6 Å². The molecule has 1 N–H and O–H groups in total. The van der Waals surface area contributed by atoms with Crippen LogP contribution in [0.3, 0.4) is 0 Å². The molecule has 33 heavy (non-hydrogen) atoms. The van der Waals surface area contributed by atoms with Crippen LogP contribution < -0.4 is 9.62 Å². The Morgan fingerprint density at radius 2 is 1.61 bits per heavy atom. The van der Waals surface area contributed by atoms with Gasteiger partial charge in [0.05, 0.1) is 29.7 Å². The maximum absolute atomic E-state index is 13.3. The van der Waals surface area contributed by atoms with E-state index in [2.05, 4.69) is 5.32 Å². The zero-order valence-corrected chi connectivity index (χ0v) is 19.2. The SMILES string of the molecule is Cc1ccc(CN(c2ccc(C(=O)Nc3ccc(Cl)cc3C(F)(F)F)cc2)S(C)(=O)=O)cc1. The molecule has 5 nitrogen and oxygen atoms in total. The van der Waals surface area contributed by atoms with Crippen LogP contribution in [0.5, 0.6) is 0 Å². The topological polar surface area (TPSA) is 66.5 Å². The van der Waals surface area contributed by atoms with Crippen molar-refractivity contribution in [1.82, 2.24) is 0 Å². The Hall–Kier alpha value is -3.04. The highest BCUT2D eigenvalue weighted by Gasteiger charge is 2.34. The van der Waals surface area contributed by atoms with Crippen molar-refractivity contribution >= 4 is 38.9 Å². The molecule has 174 valence electrons. The van der Waals surface area contributed by atoms with E-state index in [-0.39, 0.29) is 17.1 Å². The van der Waals surface area contributed by atoms with E-state index in [1.165, 1.54) is 34.6 Å². The van der Waals surface area contributed by atoms with Crippen molar-refractivity contribution in [3.8, 4) is 0 Å². The van der Waals surface area contributed by atoms with E-state index in [9.17, 15) is 26.4 Å². The molecule has 0 radical (unpaired) electrons. The van der Waals surface area contributed by atoms with E-state index in [0.717, 1.165) is 29.5 Å². The second-order valence-electron chi connectivity index (χ2n) is 7.44.